The van der Waals surface area contributed by atoms with Crippen LogP contribution in [0.5, 0.6) is 11.5 Å². The number of aromatic carboxylic acids is 1. The van der Waals surface area contributed by atoms with E-state index >= 15 is 0 Å². The molecule has 0 fully saturated rings. The van der Waals surface area contributed by atoms with Crippen LogP contribution in [0, 0.1) is 6.92 Å². The first-order valence-corrected chi connectivity index (χ1v) is 7.25. The third-order valence-electron chi connectivity index (χ3n) is 2.88. The molecule has 7 heteroatoms. The van der Waals surface area contributed by atoms with Crippen LogP contribution >= 0.6 is 23.2 Å². The van der Waals surface area contributed by atoms with E-state index in [0.29, 0.717) is 10.8 Å². The highest BCUT2D eigenvalue weighted by Crippen LogP contribution is 2.24. The molecule has 120 valence electrons. The molecule has 23 heavy (non-hydrogen) atoms. The van der Waals surface area contributed by atoms with E-state index in [1.807, 2.05) is 0 Å². The lowest BCUT2D eigenvalue weighted by Crippen LogP contribution is -2.19. The van der Waals surface area contributed by atoms with Crippen molar-refractivity contribution in [3.8, 4) is 11.5 Å². The number of carboxylic acid groups (broad SMARTS) is 1. The van der Waals surface area contributed by atoms with Crippen molar-refractivity contribution in [2.24, 2.45) is 0 Å². The highest BCUT2D eigenvalue weighted by atomic mass is 35.5. The molecule has 0 unspecified atom stereocenters. The Balaban J connectivity index is 2.04. The Morgan fingerprint density at radius 3 is 2.26 bits per heavy atom. The minimum atomic E-state index is -1.25. The van der Waals surface area contributed by atoms with Crippen LogP contribution in [-0.4, -0.2) is 23.7 Å². The molecule has 0 aliphatic heterocycles. The fourth-order valence-corrected chi connectivity index (χ4v) is 2.22. The van der Waals surface area contributed by atoms with Crippen molar-refractivity contribution in [1.82, 2.24) is 0 Å². The minimum Gasteiger partial charge on any atom is -0.482 e. The Morgan fingerprint density at radius 2 is 1.65 bits per heavy atom. The van der Waals surface area contributed by atoms with Crippen molar-refractivity contribution in [3.05, 3.63) is 57.6 Å². The molecule has 0 spiro atoms. The number of rotatable bonds is 5. The first-order valence-electron chi connectivity index (χ1n) is 6.49. The van der Waals surface area contributed by atoms with Gasteiger partial charge in [-0.3, -0.25) is 0 Å². The van der Waals surface area contributed by atoms with Gasteiger partial charge in [0.15, 0.2) is 6.61 Å². The minimum absolute atomic E-state index is 0.0941. The predicted molar refractivity (Wildman–Crippen MR) is 85.7 cm³/mol. The summed E-state index contributed by atoms with van der Waals surface area (Å²) in [5, 5.41) is 9.87. The van der Waals surface area contributed by atoms with Crippen molar-refractivity contribution in [1.29, 1.82) is 0 Å². The second-order valence-corrected chi connectivity index (χ2v) is 5.49. The van der Waals surface area contributed by atoms with Gasteiger partial charge >= 0.3 is 11.9 Å². The lowest BCUT2D eigenvalue weighted by molar-refractivity contribution is -0.136. The number of esters is 1. The summed E-state index contributed by atoms with van der Waals surface area (Å²) in [5.41, 5.74) is 0.566. The summed E-state index contributed by atoms with van der Waals surface area (Å²) in [6.07, 6.45) is 0. The van der Waals surface area contributed by atoms with Gasteiger partial charge in [-0.15, -0.1) is 0 Å². The SMILES string of the molecule is Cc1cc(Cl)ccc1OCC(=O)Oc1ccc(Cl)cc1C(=O)O. The van der Waals surface area contributed by atoms with Gasteiger partial charge in [-0.1, -0.05) is 23.2 Å². The van der Waals surface area contributed by atoms with Gasteiger partial charge in [0.1, 0.15) is 17.1 Å². The third-order valence-corrected chi connectivity index (χ3v) is 3.35. The standard InChI is InChI=1S/C16H12Cl2O5/c1-9-6-10(17)2-4-13(9)22-8-15(19)23-14-5-3-11(18)7-12(14)16(20)21/h2-7H,8H2,1H3,(H,20,21). The molecule has 5 nitrogen and oxygen atoms in total. The number of carbonyl (C=O) groups is 2. The molecule has 1 N–H and O–H groups in total. The molecule has 0 amide bonds. The van der Waals surface area contributed by atoms with Gasteiger partial charge < -0.3 is 14.6 Å². The maximum Gasteiger partial charge on any atom is 0.349 e. The van der Waals surface area contributed by atoms with Gasteiger partial charge in [-0.05, 0) is 48.9 Å². The molecular weight excluding hydrogens is 343 g/mol. The van der Waals surface area contributed by atoms with Crippen LogP contribution in [0.2, 0.25) is 10.0 Å². The highest BCUT2D eigenvalue weighted by Gasteiger charge is 2.16. The third kappa shape index (κ3) is 4.61. The van der Waals surface area contributed by atoms with E-state index in [0.717, 1.165) is 5.56 Å². The highest BCUT2D eigenvalue weighted by molar-refractivity contribution is 6.31. The van der Waals surface area contributed by atoms with Crippen LogP contribution in [0.15, 0.2) is 36.4 Å². The monoisotopic (exact) mass is 354 g/mol. The molecule has 2 aromatic carbocycles. The van der Waals surface area contributed by atoms with E-state index < -0.39 is 11.9 Å². The number of carboxylic acids is 1. The Kier molecular flexibility index (Phi) is 5.47. The quantitative estimate of drug-likeness (QED) is 0.649. The maximum absolute atomic E-state index is 11.8. The predicted octanol–water partition coefficient (Wildman–Crippen LogP) is 3.98. The second kappa shape index (κ2) is 7.35. The van der Waals surface area contributed by atoms with E-state index in [9.17, 15) is 9.59 Å². The lowest BCUT2D eigenvalue weighted by Gasteiger charge is -2.10. The molecule has 0 heterocycles. The molecule has 0 saturated carbocycles. The Hall–Kier alpha value is -2.24. The Morgan fingerprint density at radius 1 is 1.04 bits per heavy atom. The first kappa shape index (κ1) is 17.1. The van der Waals surface area contributed by atoms with Crippen molar-refractivity contribution in [2.75, 3.05) is 6.61 Å². The summed E-state index contributed by atoms with van der Waals surface area (Å²) in [7, 11) is 0. The molecule has 0 aliphatic carbocycles. The smallest absolute Gasteiger partial charge is 0.349 e. The summed E-state index contributed by atoms with van der Waals surface area (Å²) >= 11 is 11.6. The van der Waals surface area contributed by atoms with Crippen LogP contribution in [0.25, 0.3) is 0 Å². The molecule has 0 saturated heterocycles. The fraction of sp³-hybridized carbons (Fsp3) is 0.125. The topological polar surface area (TPSA) is 72.8 Å². The van der Waals surface area contributed by atoms with E-state index in [1.165, 1.54) is 18.2 Å². The summed E-state index contributed by atoms with van der Waals surface area (Å²) < 4.78 is 10.4. The summed E-state index contributed by atoms with van der Waals surface area (Å²) in [5.74, 6) is -1.59. The Labute approximate surface area is 142 Å². The average Bonchev–Trinajstić information content (AvgIpc) is 2.48. The van der Waals surface area contributed by atoms with Gasteiger partial charge in [0, 0.05) is 10.0 Å². The second-order valence-electron chi connectivity index (χ2n) is 4.62. The van der Waals surface area contributed by atoms with Crippen molar-refractivity contribution >= 4 is 35.1 Å². The lowest BCUT2D eigenvalue weighted by atomic mass is 10.2. The summed E-state index contributed by atoms with van der Waals surface area (Å²) in [4.78, 5) is 22.9. The molecule has 0 atom stereocenters. The van der Waals surface area contributed by atoms with E-state index in [2.05, 4.69) is 0 Å². The molecule has 0 radical (unpaired) electrons. The normalized spacial score (nSPS) is 10.2. The fourth-order valence-electron chi connectivity index (χ4n) is 1.82. The van der Waals surface area contributed by atoms with E-state index in [1.54, 1.807) is 25.1 Å². The molecular formula is C16H12Cl2O5. The Bertz CT molecular complexity index is 758. The van der Waals surface area contributed by atoms with Crippen LogP contribution in [-0.2, 0) is 4.79 Å². The molecule has 0 aliphatic rings. The van der Waals surface area contributed by atoms with E-state index in [4.69, 9.17) is 37.8 Å². The average molecular weight is 355 g/mol. The zero-order valence-electron chi connectivity index (χ0n) is 12.0. The summed E-state index contributed by atoms with van der Waals surface area (Å²) in [6.45, 7) is 1.42. The van der Waals surface area contributed by atoms with E-state index in [-0.39, 0.29) is 22.9 Å². The number of halogens is 2. The number of benzene rings is 2. The van der Waals surface area contributed by atoms with Crippen LogP contribution in [0.1, 0.15) is 15.9 Å². The van der Waals surface area contributed by atoms with Crippen LogP contribution in [0.4, 0.5) is 0 Å². The van der Waals surface area contributed by atoms with Crippen molar-refractivity contribution in [2.45, 2.75) is 6.92 Å². The first-order chi connectivity index (χ1) is 10.9. The van der Waals surface area contributed by atoms with Gasteiger partial charge in [-0.25, -0.2) is 9.59 Å². The van der Waals surface area contributed by atoms with Crippen molar-refractivity contribution < 1.29 is 24.2 Å². The molecule has 0 bridgehead atoms. The van der Waals surface area contributed by atoms with Crippen LogP contribution < -0.4 is 9.47 Å². The van der Waals surface area contributed by atoms with Crippen LogP contribution in [0.3, 0.4) is 0 Å². The maximum atomic E-state index is 11.8. The number of aryl methyl sites for hydroxylation is 1. The zero-order chi connectivity index (χ0) is 17.0. The summed E-state index contributed by atoms with van der Waals surface area (Å²) in [6, 6.07) is 8.92. The van der Waals surface area contributed by atoms with Gasteiger partial charge in [-0.2, -0.15) is 0 Å². The largest absolute Gasteiger partial charge is 0.482 e. The van der Waals surface area contributed by atoms with Gasteiger partial charge in [0.05, 0.1) is 0 Å². The molecule has 2 rings (SSSR count). The molecule has 2 aromatic rings. The number of carbonyl (C=O) groups excluding carboxylic acids is 1. The molecule has 0 aromatic heterocycles. The van der Waals surface area contributed by atoms with Gasteiger partial charge in [0.2, 0.25) is 0 Å². The zero-order valence-corrected chi connectivity index (χ0v) is 13.5. The van der Waals surface area contributed by atoms with Crippen molar-refractivity contribution in [3.63, 3.8) is 0 Å². The number of hydrogen-bond acceptors (Lipinski definition) is 4. The number of hydrogen-bond donors (Lipinski definition) is 1. The number of ether oxygens (including phenoxy) is 2. The van der Waals surface area contributed by atoms with Gasteiger partial charge in [0.25, 0.3) is 0 Å².